The molecule has 0 aromatic heterocycles. The van der Waals surface area contributed by atoms with Gasteiger partial charge in [-0.1, -0.05) is 12.1 Å². The molecule has 2 N–H and O–H groups in total. The molecule has 1 aromatic rings. The van der Waals surface area contributed by atoms with Gasteiger partial charge >= 0.3 is 12.0 Å². The first-order valence-electron chi connectivity index (χ1n) is 7.58. The van der Waals surface area contributed by atoms with E-state index in [4.69, 9.17) is 0 Å². The molecule has 3 amide bonds. The molecular formula is C16H19N3O4. The first-order valence-corrected chi connectivity index (χ1v) is 7.58. The highest BCUT2D eigenvalue weighted by atomic mass is 16.5. The molecule has 7 nitrogen and oxygen atoms in total. The summed E-state index contributed by atoms with van der Waals surface area (Å²) in [5, 5.41) is 6.04. The van der Waals surface area contributed by atoms with Crippen LogP contribution in [0.3, 0.4) is 0 Å². The van der Waals surface area contributed by atoms with Crippen molar-refractivity contribution in [2.45, 2.75) is 24.9 Å². The molecule has 0 bridgehead atoms. The van der Waals surface area contributed by atoms with Gasteiger partial charge in [-0.2, -0.15) is 0 Å². The van der Waals surface area contributed by atoms with Crippen LogP contribution in [0.15, 0.2) is 24.3 Å². The number of amides is 3. The lowest BCUT2D eigenvalue weighted by atomic mass is 9.88. The van der Waals surface area contributed by atoms with Gasteiger partial charge in [0.25, 0.3) is 5.91 Å². The van der Waals surface area contributed by atoms with Crippen LogP contribution in [0.25, 0.3) is 0 Å². The highest BCUT2D eigenvalue weighted by Gasteiger charge is 2.51. The zero-order chi connectivity index (χ0) is 16.4. The number of ether oxygens (including phenoxy) is 1. The molecule has 2 heterocycles. The van der Waals surface area contributed by atoms with Crippen LogP contribution in [0.2, 0.25) is 0 Å². The maximum atomic E-state index is 12.7. The number of carbonyl (C=O) groups excluding carboxylic acids is 3. The van der Waals surface area contributed by atoms with E-state index in [-0.39, 0.29) is 18.5 Å². The Balaban J connectivity index is 1.73. The van der Waals surface area contributed by atoms with Gasteiger partial charge in [0, 0.05) is 0 Å². The summed E-state index contributed by atoms with van der Waals surface area (Å²) in [5.74, 6) is -0.582. The van der Waals surface area contributed by atoms with E-state index in [0.717, 1.165) is 5.56 Å². The lowest BCUT2D eigenvalue weighted by Gasteiger charge is -2.31. The number of imide groups is 1. The highest BCUT2D eigenvalue weighted by Crippen LogP contribution is 2.28. The lowest BCUT2D eigenvalue weighted by molar-refractivity contribution is -0.132. The highest BCUT2D eigenvalue weighted by molar-refractivity contribution is 6.07. The molecule has 3 rings (SSSR count). The summed E-state index contributed by atoms with van der Waals surface area (Å²) in [6.45, 7) is 1.63. The Hall–Kier alpha value is -2.41. The van der Waals surface area contributed by atoms with E-state index in [2.05, 4.69) is 15.4 Å². The number of rotatable bonds is 3. The minimum absolute atomic E-state index is 0.166. The zero-order valence-electron chi connectivity index (χ0n) is 12.9. The third-order valence-corrected chi connectivity index (χ3v) is 4.42. The van der Waals surface area contributed by atoms with Gasteiger partial charge in [0.2, 0.25) is 0 Å². The molecule has 2 aliphatic rings. The minimum atomic E-state index is -0.756. The molecule has 7 heteroatoms. The number of hydrogen-bond donors (Lipinski definition) is 2. The zero-order valence-corrected chi connectivity index (χ0v) is 12.9. The van der Waals surface area contributed by atoms with Gasteiger partial charge in [0.1, 0.15) is 5.54 Å². The molecular weight excluding hydrogens is 298 g/mol. The number of methoxy groups -OCH3 is 1. The number of urea groups is 1. The molecule has 2 aliphatic heterocycles. The number of esters is 1. The second-order valence-electron chi connectivity index (χ2n) is 5.84. The van der Waals surface area contributed by atoms with Gasteiger partial charge in [-0.15, -0.1) is 0 Å². The second-order valence-corrected chi connectivity index (χ2v) is 5.84. The van der Waals surface area contributed by atoms with Crippen LogP contribution < -0.4 is 10.6 Å². The first-order chi connectivity index (χ1) is 11.1. The number of carbonyl (C=O) groups is 3. The fourth-order valence-electron chi connectivity index (χ4n) is 3.06. The molecule has 0 aliphatic carbocycles. The summed E-state index contributed by atoms with van der Waals surface area (Å²) in [5.41, 5.74) is 0.462. The average Bonchev–Trinajstić information content (AvgIpc) is 2.80. The number of nitrogens with one attached hydrogen (secondary N) is 2. The van der Waals surface area contributed by atoms with E-state index in [0.29, 0.717) is 31.5 Å². The average molecular weight is 317 g/mol. The van der Waals surface area contributed by atoms with Crippen LogP contribution >= 0.6 is 0 Å². The van der Waals surface area contributed by atoms with Crippen molar-refractivity contribution in [3.63, 3.8) is 0 Å². The largest absolute Gasteiger partial charge is 0.465 e. The van der Waals surface area contributed by atoms with Crippen molar-refractivity contribution in [2.24, 2.45) is 0 Å². The summed E-state index contributed by atoms with van der Waals surface area (Å²) >= 11 is 0. The maximum Gasteiger partial charge on any atom is 0.337 e. The van der Waals surface area contributed by atoms with Crippen molar-refractivity contribution in [2.75, 3.05) is 20.2 Å². The smallest absolute Gasteiger partial charge is 0.337 e. The third-order valence-electron chi connectivity index (χ3n) is 4.42. The predicted octanol–water partition coefficient (Wildman–Crippen LogP) is 0.647. The third kappa shape index (κ3) is 2.79. The summed E-state index contributed by atoms with van der Waals surface area (Å²) in [7, 11) is 1.32. The summed E-state index contributed by atoms with van der Waals surface area (Å²) in [6, 6.07) is 6.34. The van der Waals surface area contributed by atoms with Crippen molar-refractivity contribution in [3.8, 4) is 0 Å². The topological polar surface area (TPSA) is 87.7 Å². The molecule has 122 valence electrons. The Labute approximate surface area is 134 Å². The van der Waals surface area contributed by atoms with E-state index >= 15 is 0 Å². The van der Waals surface area contributed by atoms with Crippen molar-refractivity contribution < 1.29 is 19.1 Å². The van der Waals surface area contributed by atoms with Crippen LogP contribution in [0.1, 0.15) is 28.8 Å². The van der Waals surface area contributed by atoms with Crippen molar-refractivity contribution in [1.82, 2.24) is 15.5 Å². The number of hydrogen-bond acceptors (Lipinski definition) is 5. The van der Waals surface area contributed by atoms with Crippen molar-refractivity contribution >= 4 is 17.9 Å². The Morgan fingerprint density at radius 2 is 1.87 bits per heavy atom. The quantitative estimate of drug-likeness (QED) is 0.631. The summed E-state index contributed by atoms with van der Waals surface area (Å²) < 4.78 is 4.65. The molecule has 2 fully saturated rings. The van der Waals surface area contributed by atoms with E-state index in [1.54, 1.807) is 24.3 Å². The normalized spacial score (nSPS) is 19.8. The fourth-order valence-corrected chi connectivity index (χ4v) is 3.06. The standard InChI is InChI=1S/C16H19N3O4/c1-23-13(20)12-4-2-11(3-5-12)10-19-14(21)16(18-15(19)22)6-8-17-9-7-16/h2-5,17H,6-10H2,1H3,(H,18,22). The molecule has 1 spiro atoms. The van der Waals surface area contributed by atoms with Gasteiger partial charge in [-0.05, 0) is 43.6 Å². The summed E-state index contributed by atoms with van der Waals surface area (Å²) in [4.78, 5) is 37.5. The van der Waals surface area contributed by atoms with Crippen LogP contribution in [0.4, 0.5) is 4.79 Å². The number of piperidine rings is 1. The van der Waals surface area contributed by atoms with Gasteiger partial charge < -0.3 is 15.4 Å². The van der Waals surface area contributed by atoms with Gasteiger partial charge in [0.05, 0.1) is 19.2 Å². The van der Waals surface area contributed by atoms with E-state index in [1.165, 1.54) is 12.0 Å². The van der Waals surface area contributed by atoms with Gasteiger partial charge in [-0.3, -0.25) is 9.69 Å². The second kappa shape index (κ2) is 6.00. The molecule has 0 radical (unpaired) electrons. The Kier molecular flexibility index (Phi) is 4.04. The molecule has 0 unspecified atom stereocenters. The Morgan fingerprint density at radius 1 is 1.22 bits per heavy atom. The fraction of sp³-hybridized carbons (Fsp3) is 0.438. The van der Waals surface area contributed by atoms with Crippen LogP contribution in [-0.2, 0) is 16.1 Å². The maximum absolute atomic E-state index is 12.7. The predicted molar refractivity (Wildman–Crippen MR) is 81.7 cm³/mol. The SMILES string of the molecule is COC(=O)c1ccc(CN2C(=O)NC3(CCNCC3)C2=O)cc1. The molecule has 0 atom stereocenters. The molecule has 2 saturated heterocycles. The van der Waals surface area contributed by atoms with E-state index in [9.17, 15) is 14.4 Å². The monoisotopic (exact) mass is 317 g/mol. The van der Waals surface area contributed by atoms with Crippen molar-refractivity contribution in [1.29, 1.82) is 0 Å². The van der Waals surface area contributed by atoms with Crippen molar-refractivity contribution in [3.05, 3.63) is 35.4 Å². The molecule has 0 saturated carbocycles. The van der Waals surface area contributed by atoms with E-state index < -0.39 is 11.5 Å². The number of nitrogens with zero attached hydrogens (tertiary/aromatic N) is 1. The Morgan fingerprint density at radius 3 is 2.48 bits per heavy atom. The van der Waals surface area contributed by atoms with Crippen LogP contribution in [-0.4, -0.2) is 48.5 Å². The van der Waals surface area contributed by atoms with Gasteiger partial charge in [0.15, 0.2) is 0 Å². The molecule has 1 aromatic carbocycles. The van der Waals surface area contributed by atoms with Crippen LogP contribution in [0, 0.1) is 0 Å². The van der Waals surface area contributed by atoms with Crippen LogP contribution in [0.5, 0.6) is 0 Å². The minimum Gasteiger partial charge on any atom is -0.465 e. The van der Waals surface area contributed by atoms with E-state index in [1.807, 2.05) is 0 Å². The summed E-state index contributed by atoms with van der Waals surface area (Å²) in [6.07, 6.45) is 1.21. The molecule has 23 heavy (non-hydrogen) atoms. The first kappa shape index (κ1) is 15.5. The Bertz CT molecular complexity index is 635. The lowest BCUT2D eigenvalue weighted by Crippen LogP contribution is -2.53. The van der Waals surface area contributed by atoms with Gasteiger partial charge in [-0.25, -0.2) is 9.59 Å². The number of benzene rings is 1.